The molecule has 5 nitrogen and oxygen atoms in total. The number of aromatic nitrogens is 1. The van der Waals surface area contributed by atoms with Crippen LogP contribution in [-0.4, -0.2) is 22.1 Å². The Morgan fingerprint density at radius 3 is 3.06 bits per heavy atom. The molecule has 1 rings (SSSR count). The number of nitriles is 1. The van der Waals surface area contributed by atoms with Gasteiger partial charge in [0.05, 0.1) is 0 Å². The van der Waals surface area contributed by atoms with E-state index >= 15 is 0 Å². The zero-order chi connectivity index (χ0) is 12.0. The van der Waals surface area contributed by atoms with Crippen LogP contribution >= 0.6 is 0 Å². The number of hydrogen-bond acceptors (Lipinski definition) is 4. The number of terminal acetylenes is 1. The van der Waals surface area contributed by atoms with Crippen LogP contribution in [0, 0.1) is 23.7 Å². The fourth-order valence-electron chi connectivity index (χ4n) is 1.10. The fourth-order valence-corrected chi connectivity index (χ4v) is 1.10. The first-order valence-electron chi connectivity index (χ1n) is 4.46. The summed E-state index contributed by atoms with van der Waals surface area (Å²) in [5.41, 5.74) is 0.726. The van der Waals surface area contributed by atoms with Crippen LogP contribution in [0.2, 0.25) is 0 Å². The first-order chi connectivity index (χ1) is 7.67. The third-order valence-corrected chi connectivity index (χ3v) is 1.84. The van der Waals surface area contributed by atoms with Gasteiger partial charge in [-0.3, -0.25) is 0 Å². The monoisotopic (exact) mass is 215 g/mol. The van der Waals surface area contributed by atoms with Gasteiger partial charge in [0, 0.05) is 18.3 Å². The molecule has 1 atom stereocenters. The largest absolute Gasteiger partial charge is 0.480 e. The molecule has 0 spiro atoms. The number of carboxylic acid groups (broad SMARTS) is 1. The second-order valence-electron chi connectivity index (χ2n) is 2.98. The molecule has 2 N–H and O–H groups in total. The highest BCUT2D eigenvalue weighted by Crippen LogP contribution is 2.10. The van der Waals surface area contributed by atoms with E-state index < -0.39 is 12.0 Å². The molecule has 0 radical (unpaired) electrons. The third kappa shape index (κ3) is 3.00. The van der Waals surface area contributed by atoms with Gasteiger partial charge in [-0.05, 0) is 12.1 Å². The summed E-state index contributed by atoms with van der Waals surface area (Å²) in [7, 11) is 0. The van der Waals surface area contributed by atoms with Crippen LogP contribution in [0.25, 0.3) is 0 Å². The highest BCUT2D eigenvalue weighted by Gasteiger charge is 2.15. The number of hydrogen-bond donors (Lipinski definition) is 2. The third-order valence-electron chi connectivity index (χ3n) is 1.84. The van der Waals surface area contributed by atoms with Crippen LogP contribution in [0.15, 0.2) is 18.3 Å². The topological polar surface area (TPSA) is 86.0 Å². The highest BCUT2D eigenvalue weighted by atomic mass is 16.4. The van der Waals surface area contributed by atoms with E-state index in [1.54, 1.807) is 6.07 Å². The smallest absolute Gasteiger partial charge is 0.327 e. The molecule has 16 heavy (non-hydrogen) atoms. The Balaban J connectivity index is 2.82. The summed E-state index contributed by atoms with van der Waals surface area (Å²) in [6.45, 7) is 0. The molecular weight excluding hydrogens is 206 g/mol. The van der Waals surface area contributed by atoms with Crippen LogP contribution in [0.5, 0.6) is 0 Å². The predicted molar refractivity (Wildman–Crippen MR) is 57.4 cm³/mol. The minimum absolute atomic E-state index is 0.0690. The molecule has 0 fully saturated rings. The van der Waals surface area contributed by atoms with Gasteiger partial charge in [0.25, 0.3) is 0 Å². The Morgan fingerprint density at radius 2 is 2.50 bits per heavy atom. The van der Waals surface area contributed by atoms with Crippen molar-refractivity contribution in [2.24, 2.45) is 0 Å². The van der Waals surface area contributed by atoms with Crippen molar-refractivity contribution in [3.8, 4) is 18.4 Å². The van der Waals surface area contributed by atoms with Gasteiger partial charge >= 0.3 is 5.97 Å². The normalized spacial score (nSPS) is 10.9. The summed E-state index contributed by atoms with van der Waals surface area (Å²) in [5, 5.41) is 20.2. The van der Waals surface area contributed by atoms with Gasteiger partial charge in [-0.1, -0.05) is 0 Å². The molecule has 0 saturated heterocycles. The lowest BCUT2D eigenvalue weighted by molar-refractivity contribution is -0.137. The average molecular weight is 215 g/mol. The zero-order valence-corrected chi connectivity index (χ0v) is 8.34. The zero-order valence-electron chi connectivity index (χ0n) is 8.34. The van der Waals surface area contributed by atoms with E-state index in [0.717, 1.165) is 0 Å². The van der Waals surface area contributed by atoms with E-state index in [-0.39, 0.29) is 12.1 Å². The van der Waals surface area contributed by atoms with Crippen molar-refractivity contribution in [1.82, 2.24) is 4.98 Å². The van der Waals surface area contributed by atoms with E-state index in [0.29, 0.717) is 5.69 Å². The summed E-state index contributed by atoms with van der Waals surface area (Å²) < 4.78 is 0. The molecular formula is C11H9N3O2. The molecule has 5 heteroatoms. The first kappa shape index (κ1) is 11.5. The van der Waals surface area contributed by atoms with Gasteiger partial charge in [-0.2, -0.15) is 5.26 Å². The molecule has 0 aliphatic carbocycles. The second-order valence-corrected chi connectivity index (χ2v) is 2.98. The summed E-state index contributed by atoms with van der Waals surface area (Å²) in [6.07, 6.45) is 6.55. The Labute approximate surface area is 92.7 Å². The number of nitrogens with one attached hydrogen (secondary N) is 1. The lowest BCUT2D eigenvalue weighted by atomic mass is 10.2. The van der Waals surface area contributed by atoms with E-state index in [4.69, 9.17) is 16.8 Å². The fraction of sp³-hybridized carbons (Fsp3) is 0.182. The summed E-state index contributed by atoms with van der Waals surface area (Å²) in [6, 6.07) is 4.04. The standard InChI is InChI=1S/C11H9N3O2/c1-2-3-10(11(15)16)14-8-4-5-13-9(6-8)7-12/h1,4-6,10H,3H2,(H,13,14)(H,15,16). The van der Waals surface area contributed by atoms with Crippen LogP contribution in [0.3, 0.4) is 0 Å². The Hall–Kier alpha value is -2.53. The number of nitrogens with zero attached hydrogens (tertiary/aromatic N) is 2. The predicted octanol–water partition coefficient (Wildman–Crippen LogP) is 0.842. The maximum Gasteiger partial charge on any atom is 0.327 e. The summed E-state index contributed by atoms with van der Waals surface area (Å²) in [4.78, 5) is 14.6. The molecule has 1 unspecified atom stereocenters. The second kappa shape index (κ2) is 5.38. The number of carboxylic acids is 1. The number of anilines is 1. The first-order valence-corrected chi connectivity index (χ1v) is 4.46. The lowest BCUT2D eigenvalue weighted by Crippen LogP contribution is -2.28. The van der Waals surface area contributed by atoms with Gasteiger partial charge in [-0.15, -0.1) is 12.3 Å². The minimum Gasteiger partial charge on any atom is -0.480 e. The molecule has 0 amide bonds. The molecule has 1 aromatic rings. The maximum atomic E-state index is 10.8. The molecule has 0 saturated carbocycles. The Bertz CT molecular complexity index is 471. The Morgan fingerprint density at radius 1 is 1.75 bits per heavy atom. The van der Waals surface area contributed by atoms with Crippen LogP contribution in [0.4, 0.5) is 5.69 Å². The van der Waals surface area contributed by atoms with Crippen molar-refractivity contribution in [2.45, 2.75) is 12.5 Å². The van der Waals surface area contributed by atoms with Crippen molar-refractivity contribution < 1.29 is 9.90 Å². The molecule has 0 aliphatic rings. The molecule has 0 aromatic carbocycles. The van der Waals surface area contributed by atoms with Gasteiger partial charge in [0.1, 0.15) is 17.8 Å². The molecule has 1 heterocycles. The average Bonchev–Trinajstić information content (AvgIpc) is 2.28. The summed E-state index contributed by atoms with van der Waals surface area (Å²) >= 11 is 0. The minimum atomic E-state index is -1.03. The van der Waals surface area contributed by atoms with Crippen molar-refractivity contribution in [2.75, 3.05) is 5.32 Å². The van der Waals surface area contributed by atoms with Gasteiger partial charge in [0.2, 0.25) is 0 Å². The molecule has 0 bridgehead atoms. The highest BCUT2D eigenvalue weighted by molar-refractivity contribution is 5.77. The number of pyridine rings is 1. The van der Waals surface area contributed by atoms with Gasteiger partial charge in [-0.25, -0.2) is 9.78 Å². The number of rotatable bonds is 4. The van der Waals surface area contributed by atoms with Gasteiger partial charge < -0.3 is 10.4 Å². The SMILES string of the molecule is C#CCC(Nc1ccnc(C#N)c1)C(=O)O. The van der Waals surface area contributed by atoms with Crippen LogP contribution in [-0.2, 0) is 4.79 Å². The van der Waals surface area contributed by atoms with E-state index in [9.17, 15) is 4.79 Å². The van der Waals surface area contributed by atoms with Gasteiger partial charge in [0.15, 0.2) is 0 Å². The number of carbonyl (C=O) groups is 1. The van der Waals surface area contributed by atoms with E-state index in [1.165, 1.54) is 12.3 Å². The van der Waals surface area contributed by atoms with Crippen LogP contribution in [0.1, 0.15) is 12.1 Å². The molecule has 0 aliphatic heterocycles. The number of aliphatic carboxylic acids is 1. The molecule has 80 valence electrons. The maximum absolute atomic E-state index is 10.8. The Kier molecular flexibility index (Phi) is 3.88. The summed E-state index contributed by atoms with van der Waals surface area (Å²) in [5.74, 6) is 1.24. The lowest BCUT2D eigenvalue weighted by Gasteiger charge is -2.12. The van der Waals surface area contributed by atoms with Crippen molar-refractivity contribution in [1.29, 1.82) is 5.26 Å². The van der Waals surface area contributed by atoms with E-state index in [1.807, 2.05) is 6.07 Å². The quantitative estimate of drug-likeness (QED) is 0.727. The van der Waals surface area contributed by atoms with Crippen molar-refractivity contribution in [3.05, 3.63) is 24.0 Å². The van der Waals surface area contributed by atoms with Crippen molar-refractivity contribution >= 4 is 11.7 Å². The molecule has 1 aromatic heterocycles. The van der Waals surface area contributed by atoms with E-state index in [2.05, 4.69) is 16.2 Å². The van der Waals surface area contributed by atoms with Crippen LogP contribution < -0.4 is 5.32 Å². The van der Waals surface area contributed by atoms with Crippen molar-refractivity contribution in [3.63, 3.8) is 0 Å².